The Bertz CT molecular complexity index is 2730. The Morgan fingerprint density at radius 3 is 0.859 bits per heavy atom. The van der Waals surface area contributed by atoms with Crippen molar-refractivity contribution >= 4 is 58.9 Å². The molecule has 0 aliphatic heterocycles. The number of anilines is 2. The summed E-state index contributed by atoms with van der Waals surface area (Å²) in [5, 5.41) is 45.9. The molecule has 4 aromatic rings. The number of carbonyl (C=O) groups is 8. The Hall–Kier alpha value is -7.68. The lowest BCUT2D eigenvalue weighted by atomic mass is 9.96. The molecule has 0 aliphatic carbocycles. The van der Waals surface area contributed by atoms with Gasteiger partial charge in [-0.15, -0.1) is 0 Å². The van der Waals surface area contributed by atoms with Gasteiger partial charge in [-0.2, -0.15) is 0 Å². The molecule has 24 nitrogen and oxygen atoms in total. The Morgan fingerprint density at radius 1 is 0.337 bits per heavy atom. The van der Waals surface area contributed by atoms with Gasteiger partial charge in [-0.05, 0) is 141 Å². The van der Waals surface area contributed by atoms with Gasteiger partial charge in [0.05, 0.1) is 52.9 Å². The molecular formula is C68H94N4O20. The maximum Gasteiger partial charge on any atom is 0.414 e. The predicted octanol–water partition coefficient (Wildman–Crippen LogP) is 9.13. The second-order valence-electron chi connectivity index (χ2n) is 23.9. The molecule has 0 fully saturated rings. The maximum absolute atomic E-state index is 13.4. The van der Waals surface area contributed by atoms with E-state index in [2.05, 4.69) is 10.6 Å². The zero-order chi connectivity index (χ0) is 67.7. The van der Waals surface area contributed by atoms with E-state index in [0.29, 0.717) is 112 Å². The summed E-state index contributed by atoms with van der Waals surface area (Å²) in [6, 6.07) is 25.5. The van der Waals surface area contributed by atoms with Gasteiger partial charge in [0.15, 0.2) is 23.1 Å². The first-order chi connectivity index (χ1) is 43.6. The number of nitrogens with zero attached hydrogens (tertiary/aromatic N) is 2. The fourth-order valence-corrected chi connectivity index (χ4v) is 8.73. The average molecular weight is 1290 g/mol. The molecule has 24 heteroatoms. The number of carbonyl (C=O) groups excluding carboxylic acids is 8. The summed E-state index contributed by atoms with van der Waals surface area (Å²) in [5.74, 6) is -1.80. The summed E-state index contributed by atoms with van der Waals surface area (Å²) >= 11 is 0. The molecule has 92 heavy (non-hydrogen) atoms. The zero-order valence-electron chi connectivity index (χ0n) is 54.4. The first-order valence-electron chi connectivity index (χ1n) is 31.0. The number of nitrogens with one attached hydrogen (secondary N) is 2. The molecular weight excluding hydrogens is 1190 g/mol. The van der Waals surface area contributed by atoms with E-state index in [0.717, 1.165) is 25.7 Å². The van der Waals surface area contributed by atoms with E-state index in [-0.39, 0.29) is 64.0 Å². The molecule has 0 bridgehead atoms. The van der Waals surface area contributed by atoms with Crippen molar-refractivity contribution in [2.75, 3.05) is 102 Å². The minimum Gasteiger partial charge on any atom is -0.447 e. The molecule has 0 aliphatic rings. The number of aliphatic hydroxyl groups is 4. The number of unbranched alkanes of at least 4 members (excludes halogenated alkanes) is 6. The fourth-order valence-electron chi connectivity index (χ4n) is 8.73. The van der Waals surface area contributed by atoms with Crippen LogP contribution in [-0.2, 0) is 51.1 Å². The normalized spacial score (nSPS) is 11.7. The standard InChI is InChI=1S/C68H94N4O20/c1-65(2,81)57(73)51-21-17-49(18-22-51)47-91-63(79)71(55-29-25-53(26-30-55)59(75)67(5,6)83)35-15-11-9-13-33-69-61(77)89-45-43-87-41-39-85-37-38-86-40-42-88-44-46-90-62(78)70-34-14-10-12-16-36-72(56-31-27-54(28-32-56)60(76)68(7,8)84)64(80)92-48-50-19-23-52(24-20-50)58(74)66(3,4)82/h17-32,81-84H,9-16,33-48H2,1-8H3,(H,69,77)(H,70,78). The van der Waals surface area contributed by atoms with Crippen molar-refractivity contribution in [3.63, 3.8) is 0 Å². The highest BCUT2D eigenvalue weighted by Gasteiger charge is 2.29. The van der Waals surface area contributed by atoms with Crippen LogP contribution in [0.2, 0.25) is 0 Å². The van der Waals surface area contributed by atoms with E-state index in [4.69, 9.17) is 37.9 Å². The first kappa shape index (κ1) is 76.8. The molecule has 0 saturated heterocycles. The Kier molecular flexibility index (Phi) is 32.5. The van der Waals surface area contributed by atoms with Crippen molar-refractivity contribution < 1.29 is 96.7 Å². The summed E-state index contributed by atoms with van der Waals surface area (Å²) < 4.78 is 43.6. The zero-order valence-corrected chi connectivity index (χ0v) is 54.4. The quantitative estimate of drug-likeness (QED) is 0.0137. The van der Waals surface area contributed by atoms with Gasteiger partial charge < -0.3 is 69.0 Å². The molecule has 0 atom stereocenters. The summed E-state index contributed by atoms with van der Waals surface area (Å²) in [7, 11) is 0. The molecule has 0 radical (unpaired) electrons. The third-order valence-electron chi connectivity index (χ3n) is 13.9. The molecule has 0 heterocycles. The van der Waals surface area contributed by atoms with Crippen molar-refractivity contribution in [1.82, 2.24) is 10.6 Å². The van der Waals surface area contributed by atoms with Crippen LogP contribution in [0.15, 0.2) is 97.1 Å². The number of Topliss-reactive ketones (excluding diaryl/α,β-unsaturated/α-hetero) is 4. The lowest BCUT2D eigenvalue weighted by molar-refractivity contribution is -0.0102. The Labute approximate surface area is 539 Å². The topological polar surface area (TPSA) is 322 Å². The number of benzene rings is 4. The van der Waals surface area contributed by atoms with Crippen molar-refractivity contribution in [3.8, 4) is 0 Å². The third kappa shape index (κ3) is 28.9. The van der Waals surface area contributed by atoms with Crippen LogP contribution < -0.4 is 20.4 Å². The van der Waals surface area contributed by atoms with E-state index in [1.165, 1.54) is 65.2 Å². The SMILES string of the molecule is CC(C)(O)C(=O)c1ccc(COC(=O)N(CCCCCCNC(=O)OCCOCCOCCOCCOCCOC(=O)NCCCCCCN(C(=O)OCc2ccc(C(=O)C(C)(C)O)cc2)c2ccc(C(=O)C(C)(C)O)cc2)c2ccc(C(=O)C(C)(C)O)cc2)cc1. The van der Waals surface area contributed by atoms with Crippen LogP contribution in [0.4, 0.5) is 30.6 Å². The van der Waals surface area contributed by atoms with Gasteiger partial charge in [-0.25, -0.2) is 19.2 Å². The number of rotatable bonds is 43. The molecule has 4 rings (SSSR count). The minimum absolute atomic E-state index is 0.0540. The van der Waals surface area contributed by atoms with E-state index < -0.39 is 69.9 Å². The van der Waals surface area contributed by atoms with Crippen molar-refractivity contribution in [3.05, 3.63) is 130 Å². The summed E-state index contributed by atoms with van der Waals surface area (Å²) in [4.78, 5) is 104. The van der Waals surface area contributed by atoms with Crippen LogP contribution in [0, 0.1) is 0 Å². The first-order valence-corrected chi connectivity index (χ1v) is 31.0. The van der Waals surface area contributed by atoms with E-state index >= 15 is 0 Å². The predicted molar refractivity (Wildman–Crippen MR) is 342 cm³/mol. The van der Waals surface area contributed by atoms with Gasteiger partial charge in [0, 0.05) is 59.8 Å². The third-order valence-corrected chi connectivity index (χ3v) is 13.9. The minimum atomic E-state index is -1.57. The molecule has 4 aromatic carbocycles. The molecule has 0 spiro atoms. The molecule has 4 amide bonds. The highest BCUT2D eigenvalue weighted by Crippen LogP contribution is 2.24. The van der Waals surface area contributed by atoms with Gasteiger partial charge in [0.25, 0.3) is 0 Å². The lowest BCUT2D eigenvalue weighted by Gasteiger charge is -2.23. The summed E-state index contributed by atoms with van der Waals surface area (Å²) in [5.41, 5.74) is -2.71. The van der Waals surface area contributed by atoms with Crippen molar-refractivity contribution in [2.24, 2.45) is 0 Å². The van der Waals surface area contributed by atoms with Crippen LogP contribution in [0.3, 0.4) is 0 Å². The largest absolute Gasteiger partial charge is 0.447 e. The van der Waals surface area contributed by atoms with Crippen molar-refractivity contribution in [1.29, 1.82) is 0 Å². The molecule has 506 valence electrons. The van der Waals surface area contributed by atoms with Gasteiger partial charge in [0.2, 0.25) is 0 Å². The summed E-state index contributed by atoms with van der Waals surface area (Å²) in [6.45, 7) is 14.8. The number of amides is 4. The second kappa shape index (κ2) is 39.0. The number of ketones is 4. The Balaban J connectivity index is 0.972. The molecule has 0 saturated carbocycles. The maximum atomic E-state index is 13.4. The number of hydrogen-bond donors (Lipinski definition) is 6. The van der Waals surface area contributed by atoms with E-state index in [9.17, 15) is 58.8 Å². The smallest absolute Gasteiger partial charge is 0.414 e. The number of ether oxygens (including phenoxy) is 8. The van der Waals surface area contributed by atoms with Crippen LogP contribution in [0.5, 0.6) is 0 Å². The molecule has 6 N–H and O–H groups in total. The van der Waals surface area contributed by atoms with Gasteiger partial charge in [-0.1, -0.05) is 74.2 Å². The lowest BCUT2D eigenvalue weighted by Crippen LogP contribution is -2.33. The van der Waals surface area contributed by atoms with E-state index in [1.807, 2.05) is 0 Å². The number of hydrogen-bond acceptors (Lipinski definition) is 20. The average Bonchev–Trinajstić information content (AvgIpc) is 1.10. The van der Waals surface area contributed by atoms with Gasteiger partial charge >= 0.3 is 24.4 Å². The number of alkyl carbamates (subject to hydrolysis) is 2. The highest BCUT2D eigenvalue weighted by molar-refractivity contribution is 6.04. The second-order valence-corrected chi connectivity index (χ2v) is 23.9. The fraction of sp³-hybridized carbons (Fsp3) is 0.529. The van der Waals surface area contributed by atoms with Gasteiger partial charge in [0.1, 0.15) is 48.8 Å². The van der Waals surface area contributed by atoms with Crippen LogP contribution in [0.25, 0.3) is 0 Å². The molecule has 0 aromatic heterocycles. The molecule has 0 unspecified atom stereocenters. The van der Waals surface area contributed by atoms with Gasteiger partial charge in [-0.3, -0.25) is 29.0 Å². The summed E-state index contributed by atoms with van der Waals surface area (Å²) in [6.07, 6.45) is 3.09. The van der Waals surface area contributed by atoms with Crippen LogP contribution in [0.1, 0.15) is 159 Å². The highest BCUT2D eigenvalue weighted by atomic mass is 16.6. The van der Waals surface area contributed by atoms with E-state index in [1.54, 1.807) is 97.1 Å². The Morgan fingerprint density at radius 2 is 0.587 bits per heavy atom. The van der Waals surface area contributed by atoms with Crippen molar-refractivity contribution in [2.45, 2.75) is 142 Å². The van der Waals surface area contributed by atoms with Crippen LogP contribution >= 0.6 is 0 Å². The monoisotopic (exact) mass is 1290 g/mol. The van der Waals surface area contributed by atoms with Crippen LogP contribution in [-0.4, -0.2) is 183 Å².